The molecule has 0 unspecified atom stereocenters. The van der Waals surface area contributed by atoms with Crippen LogP contribution in [0.25, 0.3) is 0 Å². The second kappa shape index (κ2) is 11.0. The topological polar surface area (TPSA) is 17.8 Å². The van der Waals surface area contributed by atoms with Crippen molar-refractivity contribution in [1.29, 1.82) is 0 Å². The fourth-order valence-corrected chi connectivity index (χ4v) is 3.03. The number of unbranched alkanes of at least 4 members (excludes halogenated alkanes) is 2. The maximum Gasteiger partial charge on any atom is 0.152 e. The molecule has 0 bridgehead atoms. The lowest BCUT2D eigenvalue weighted by Crippen LogP contribution is -1.92. The molecule has 21 heavy (non-hydrogen) atoms. The van der Waals surface area contributed by atoms with Crippen molar-refractivity contribution in [2.75, 3.05) is 5.88 Å². The van der Waals surface area contributed by atoms with E-state index < -0.39 is 0 Å². The van der Waals surface area contributed by atoms with Gasteiger partial charge in [-0.2, -0.15) is 5.10 Å². The maximum atomic E-state index is 5.80. The third-order valence-corrected chi connectivity index (χ3v) is 4.38. The van der Waals surface area contributed by atoms with Gasteiger partial charge in [0.2, 0.25) is 0 Å². The number of nitrogens with zero attached hydrogens (tertiary/aromatic N) is 2. The van der Waals surface area contributed by atoms with Crippen molar-refractivity contribution in [2.24, 2.45) is 7.05 Å². The molecule has 1 aromatic carbocycles. The van der Waals surface area contributed by atoms with E-state index in [1.54, 1.807) is 16.4 Å². The summed E-state index contributed by atoms with van der Waals surface area (Å²) in [6, 6.07) is 12.2. The highest BCUT2D eigenvalue weighted by molar-refractivity contribution is 7.98. The van der Waals surface area contributed by atoms with Gasteiger partial charge in [0.05, 0.1) is 5.03 Å². The summed E-state index contributed by atoms with van der Waals surface area (Å²) in [5.41, 5.74) is 1.31. The van der Waals surface area contributed by atoms with Crippen LogP contribution in [-0.4, -0.2) is 15.7 Å². The van der Waals surface area contributed by atoms with Gasteiger partial charge in [-0.3, -0.25) is 4.68 Å². The Morgan fingerprint density at radius 3 is 2.38 bits per heavy atom. The molecule has 2 aromatic rings. The van der Waals surface area contributed by atoms with E-state index in [9.17, 15) is 0 Å². The smallest absolute Gasteiger partial charge is 0.152 e. The zero-order valence-electron chi connectivity index (χ0n) is 12.6. The van der Waals surface area contributed by atoms with E-state index in [1.165, 1.54) is 24.8 Å². The number of halogens is 2. The number of rotatable bonds is 6. The number of thioether (sulfide) groups is 1. The molecule has 0 atom stereocenters. The quantitative estimate of drug-likeness (QED) is 0.375. The molecule has 0 saturated heterocycles. The Bertz CT molecular complexity index is 496. The average molecular weight is 345 g/mol. The molecular weight excluding hydrogens is 323 g/mol. The Morgan fingerprint density at radius 2 is 1.90 bits per heavy atom. The first kappa shape index (κ1) is 18.4. The molecular formula is C16H22Cl2N2S. The average Bonchev–Trinajstić information content (AvgIpc) is 2.82. The van der Waals surface area contributed by atoms with Crippen LogP contribution in [0.3, 0.4) is 0 Å². The number of aryl methyl sites for hydroxylation is 1. The monoisotopic (exact) mass is 344 g/mol. The summed E-state index contributed by atoms with van der Waals surface area (Å²) in [4.78, 5) is 0. The largest absolute Gasteiger partial charge is 0.261 e. The van der Waals surface area contributed by atoms with Crippen molar-refractivity contribution in [2.45, 2.75) is 37.0 Å². The first-order valence-corrected chi connectivity index (χ1v) is 8.99. The lowest BCUT2D eigenvalue weighted by atomic mass is 10.2. The third kappa shape index (κ3) is 7.79. The Hall–Kier alpha value is -0.640. The number of hydrogen-bond acceptors (Lipinski definition) is 2. The maximum absolute atomic E-state index is 5.80. The molecule has 0 spiro atoms. The summed E-state index contributed by atoms with van der Waals surface area (Å²) in [5.74, 6) is 1.77. The van der Waals surface area contributed by atoms with Crippen LogP contribution in [0.15, 0.2) is 41.4 Å². The summed E-state index contributed by atoms with van der Waals surface area (Å²) >= 11 is 12.9. The van der Waals surface area contributed by atoms with Gasteiger partial charge < -0.3 is 0 Å². The van der Waals surface area contributed by atoms with Crippen LogP contribution in [0.4, 0.5) is 0 Å². The fourth-order valence-electron chi connectivity index (χ4n) is 1.63. The molecule has 0 aliphatic heterocycles. The number of hydrogen-bond donors (Lipinski definition) is 0. The molecule has 1 heterocycles. The van der Waals surface area contributed by atoms with Gasteiger partial charge in [0.1, 0.15) is 0 Å². The van der Waals surface area contributed by atoms with E-state index in [4.69, 9.17) is 23.2 Å². The van der Waals surface area contributed by atoms with E-state index in [1.807, 2.05) is 31.3 Å². The van der Waals surface area contributed by atoms with Gasteiger partial charge in [-0.05, 0) is 12.0 Å². The highest BCUT2D eigenvalue weighted by Crippen LogP contribution is 2.24. The summed E-state index contributed by atoms with van der Waals surface area (Å²) in [6.07, 6.45) is 3.73. The molecule has 0 radical (unpaired) electrons. The Balaban J connectivity index is 0.000000315. The van der Waals surface area contributed by atoms with Gasteiger partial charge in [0, 0.05) is 24.7 Å². The number of benzene rings is 1. The zero-order chi connectivity index (χ0) is 15.5. The molecule has 2 rings (SSSR count). The Morgan fingerprint density at radius 1 is 1.19 bits per heavy atom. The van der Waals surface area contributed by atoms with Crippen LogP contribution in [0.5, 0.6) is 0 Å². The first-order valence-electron chi connectivity index (χ1n) is 7.09. The summed E-state index contributed by atoms with van der Waals surface area (Å²) < 4.78 is 1.80. The van der Waals surface area contributed by atoms with Crippen molar-refractivity contribution in [1.82, 2.24) is 9.78 Å². The molecule has 0 aliphatic rings. The van der Waals surface area contributed by atoms with Gasteiger partial charge in [0.15, 0.2) is 5.15 Å². The van der Waals surface area contributed by atoms with Crippen LogP contribution in [0.2, 0.25) is 5.15 Å². The Kier molecular flexibility index (Phi) is 9.64. The third-order valence-electron chi connectivity index (χ3n) is 2.77. The highest BCUT2D eigenvalue weighted by atomic mass is 35.5. The van der Waals surface area contributed by atoms with Gasteiger partial charge in [-0.25, -0.2) is 0 Å². The van der Waals surface area contributed by atoms with Crippen LogP contribution in [-0.2, 0) is 12.8 Å². The van der Waals surface area contributed by atoms with Gasteiger partial charge in [-0.15, -0.1) is 23.4 Å². The molecule has 0 saturated carbocycles. The minimum absolute atomic E-state index is 0.549. The minimum Gasteiger partial charge on any atom is -0.261 e. The zero-order valence-corrected chi connectivity index (χ0v) is 14.9. The van der Waals surface area contributed by atoms with Crippen molar-refractivity contribution in [3.8, 4) is 0 Å². The Labute approximate surface area is 141 Å². The fraction of sp³-hybridized carbons (Fsp3) is 0.438. The SMILES string of the molecule is CCCCCCl.Cn1nc(Cl)cc1SCc1ccccc1. The summed E-state index contributed by atoms with van der Waals surface area (Å²) in [7, 11) is 1.90. The lowest BCUT2D eigenvalue weighted by molar-refractivity contribution is 0.699. The first-order chi connectivity index (χ1) is 10.2. The summed E-state index contributed by atoms with van der Waals surface area (Å²) in [5, 5.41) is 5.72. The molecule has 2 nitrogen and oxygen atoms in total. The molecule has 5 heteroatoms. The molecule has 0 fully saturated rings. The normalized spacial score (nSPS) is 10.1. The summed E-state index contributed by atoms with van der Waals surface area (Å²) in [6.45, 7) is 2.17. The van der Waals surface area contributed by atoms with E-state index in [0.717, 1.165) is 16.7 Å². The van der Waals surface area contributed by atoms with E-state index in [2.05, 4.69) is 24.2 Å². The van der Waals surface area contributed by atoms with Crippen molar-refractivity contribution in [3.05, 3.63) is 47.1 Å². The van der Waals surface area contributed by atoms with Crippen LogP contribution < -0.4 is 0 Å². The van der Waals surface area contributed by atoms with Crippen molar-refractivity contribution >= 4 is 35.0 Å². The van der Waals surface area contributed by atoms with Crippen LogP contribution in [0.1, 0.15) is 31.7 Å². The van der Waals surface area contributed by atoms with Crippen molar-refractivity contribution < 1.29 is 0 Å². The van der Waals surface area contributed by atoms with Gasteiger partial charge >= 0.3 is 0 Å². The van der Waals surface area contributed by atoms with Crippen LogP contribution >= 0.6 is 35.0 Å². The highest BCUT2D eigenvalue weighted by Gasteiger charge is 2.03. The second-order valence-corrected chi connectivity index (χ2v) is 6.36. The van der Waals surface area contributed by atoms with E-state index in [-0.39, 0.29) is 0 Å². The predicted octanol–water partition coefficient (Wildman–Crippen LogP) is 5.78. The second-order valence-electron chi connectivity index (χ2n) is 4.60. The number of aromatic nitrogens is 2. The molecule has 0 N–H and O–H groups in total. The lowest BCUT2D eigenvalue weighted by Gasteiger charge is -2.01. The molecule has 1 aromatic heterocycles. The molecule has 116 valence electrons. The molecule has 0 aliphatic carbocycles. The van der Waals surface area contributed by atoms with Crippen LogP contribution in [0, 0.1) is 0 Å². The van der Waals surface area contributed by atoms with E-state index in [0.29, 0.717) is 5.15 Å². The van der Waals surface area contributed by atoms with Gasteiger partial charge in [-0.1, -0.05) is 61.7 Å². The minimum atomic E-state index is 0.549. The van der Waals surface area contributed by atoms with Gasteiger partial charge in [0.25, 0.3) is 0 Å². The van der Waals surface area contributed by atoms with Crippen molar-refractivity contribution in [3.63, 3.8) is 0 Å². The van der Waals surface area contributed by atoms with E-state index >= 15 is 0 Å². The molecule has 0 amide bonds. The predicted molar refractivity (Wildman–Crippen MR) is 94.5 cm³/mol. The number of alkyl halides is 1. The standard InChI is InChI=1S/C11H11ClN2S.C5H11Cl/c1-14-11(7-10(12)13-14)15-8-9-5-3-2-4-6-9;1-2-3-4-5-6/h2-7H,8H2,1H3;2-5H2,1H3.